The highest BCUT2D eigenvalue weighted by molar-refractivity contribution is 5.79. The van der Waals surface area contributed by atoms with Crippen LogP contribution in [-0.4, -0.2) is 29.1 Å². The number of hydrogen-bond acceptors (Lipinski definition) is 3. The van der Waals surface area contributed by atoms with Crippen molar-refractivity contribution in [2.45, 2.75) is 20.3 Å². The van der Waals surface area contributed by atoms with Crippen molar-refractivity contribution in [3.8, 4) is 6.07 Å². The van der Waals surface area contributed by atoms with Crippen molar-refractivity contribution in [3.05, 3.63) is 12.3 Å². The van der Waals surface area contributed by atoms with Gasteiger partial charge < -0.3 is 10.0 Å². The molecular formula is C10H16N2O2. The summed E-state index contributed by atoms with van der Waals surface area (Å²) in [6, 6.07) is 2.04. The van der Waals surface area contributed by atoms with E-state index in [1.54, 1.807) is 0 Å². The summed E-state index contributed by atoms with van der Waals surface area (Å²) in [5.74, 6) is -0.511. The average Bonchev–Trinajstić information content (AvgIpc) is 2.09. The van der Waals surface area contributed by atoms with Gasteiger partial charge in [-0.3, -0.25) is 0 Å². The molecule has 0 aromatic rings. The minimum absolute atomic E-state index is 0.413. The number of aliphatic carboxylic acids is 1. The average molecular weight is 196 g/mol. The van der Waals surface area contributed by atoms with Gasteiger partial charge in [0.05, 0.1) is 12.5 Å². The van der Waals surface area contributed by atoms with E-state index in [2.05, 4.69) is 0 Å². The van der Waals surface area contributed by atoms with E-state index in [1.165, 1.54) is 6.20 Å². The molecule has 1 N–H and O–H groups in total. The number of carbonyl (C=O) groups is 1. The van der Waals surface area contributed by atoms with Crippen molar-refractivity contribution >= 4 is 5.97 Å². The number of hydrogen-bond donors (Lipinski definition) is 1. The lowest BCUT2D eigenvalue weighted by molar-refractivity contribution is -0.131. The van der Waals surface area contributed by atoms with Gasteiger partial charge in [-0.15, -0.1) is 0 Å². The predicted molar refractivity (Wildman–Crippen MR) is 53.4 cm³/mol. The van der Waals surface area contributed by atoms with Crippen molar-refractivity contribution in [2.24, 2.45) is 5.92 Å². The molecule has 0 atom stereocenters. The molecule has 0 fully saturated rings. The maximum Gasteiger partial charge on any atom is 0.329 e. The molecule has 0 heterocycles. The summed E-state index contributed by atoms with van der Waals surface area (Å²) in [5.41, 5.74) is 0. The molecule has 0 aliphatic carbocycles. The van der Waals surface area contributed by atoms with Crippen LogP contribution < -0.4 is 0 Å². The monoisotopic (exact) mass is 196 g/mol. The zero-order valence-electron chi connectivity index (χ0n) is 8.60. The Kier molecular flexibility index (Phi) is 6.21. The first-order chi connectivity index (χ1) is 6.56. The van der Waals surface area contributed by atoms with Crippen LogP contribution in [0.25, 0.3) is 0 Å². The first-order valence-corrected chi connectivity index (χ1v) is 4.58. The molecule has 0 saturated heterocycles. The zero-order chi connectivity index (χ0) is 11.0. The summed E-state index contributed by atoms with van der Waals surface area (Å²) in [4.78, 5) is 12.1. The molecule has 0 radical (unpaired) electrons. The Balaban J connectivity index is 4.10. The lowest BCUT2D eigenvalue weighted by atomic mass is 10.2. The van der Waals surface area contributed by atoms with E-state index in [1.807, 2.05) is 24.8 Å². The van der Waals surface area contributed by atoms with Crippen LogP contribution >= 0.6 is 0 Å². The number of nitrogens with zero attached hydrogens (tertiary/aromatic N) is 2. The SMILES string of the molecule is CC(C)CN(C=CC(=O)O)CCC#N. The zero-order valence-corrected chi connectivity index (χ0v) is 8.60. The third-order valence-electron chi connectivity index (χ3n) is 1.54. The van der Waals surface area contributed by atoms with Crippen molar-refractivity contribution < 1.29 is 9.90 Å². The van der Waals surface area contributed by atoms with Gasteiger partial charge in [0.1, 0.15) is 0 Å². The Morgan fingerprint density at radius 3 is 2.71 bits per heavy atom. The largest absolute Gasteiger partial charge is 0.478 e. The van der Waals surface area contributed by atoms with Gasteiger partial charge in [0, 0.05) is 25.4 Å². The van der Waals surface area contributed by atoms with Crippen LogP contribution in [0.5, 0.6) is 0 Å². The van der Waals surface area contributed by atoms with Gasteiger partial charge in [0.25, 0.3) is 0 Å². The first-order valence-electron chi connectivity index (χ1n) is 4.58. The summed E-state index contributed by atoms with van der Waals surface area (Å²) in [6.45, 7) is 5.45. The predicted octanol–water partition coefficient (Wildman–Crippen LogP) is 1.46. The van der Waals surface area contributed by atoms with E-state index < -0.39 is 5.97 Å². The quantitative estimate of drug-likeness (QED) is 0.653. The summed E-state index contributed by atoms with van der Waals surface area (Å²) in [5, 5.41) is 16.9. The fourth-order valence-electron chi connectivity index (χ4n) is 1.06. The van der Waals surface area contributed by atoms with Gasteiger partial charge in [-0.05, 0) is 5.92 Å². The lowest BCUT2D eigenvalue weighted by Crippen LogP contribution is -2.23. The third-order valence-corrected chi connectivity index (χ3v) is 1.54. The third kappa shape index (κ3) is 7.17. The molecule has 0 aromatic carbocycles. The van der Waals surface area contributed by atoms with Crippen LogP contribution in [0.1, 0.15) is 20.3 Å². The maximum absolute atomic E-state index is 10.3. The van der Waals surface area contributed by atoms with Crippen molar-refractivity contribution in [3.63, 3.8) is 0 Å². The van der Waals surface area contributed by atoms with E-state index in [-0.39, 0.29) is 0 Å². The highest BCUT2D eigenvalue weighted by Crippen LogP contribution is 2.00. The number of carboxylic acids is 1. The van der Waals surface area contributed by atoms with Gasteiger partial charge in [0.15, 0.2) is 0 Å². The van der Waals surface area contributed by atoms with Crippen LogP contribution in [0.2, 0.25) is 0 Å². The normalized spacial score (nSPS) is 10.4. The van der Waals surface area contributed by atoms with Crippen molar-refractivity contribution in [1.29, 1.82) is 5.26 Å². The first kappa shape index (κ1) is 12.5. The summed E-state index contributed by atoms with van der Waals surface area (Å²) in [7, 11) is 0. The minimum atomic E-state index is -0.962. The standard InChI is InChI=1S/C10H16N2O2/c1-9(2)8-12(6-3-5-11)7-4-10(13)14/h4,7,9H,3,6,8H2,1-2H3,(H,13,14). The number of rotatable bonds is 6. The highest BCUT2D eigenvalue weighted by atomic mass is 16.4. The molecule has 4 nitrogen and oxygen atoms in total. The molecule has 0 bridgehead atoms. The van der Waals surface area contributed by atoms with Crippen molar-refractivity contribution in [2.75, 3.05) is 13.1 Å². The highest BCUT2D eigenvalue weighted by Gasteiger charge is 2.02. The lowest BCUT2D eigenvalue weighted by Gasteiger charge is -2.20. The Morgan fingerprint density at radius 2 is 2.29 bits per heavy atom. The minimum Gasteiger partial charge on any atom is -0.478 e. The maximum atomic E-state index is 10.3. The number of nitriles is 1. The van der Waals surface area contributed by atoms with Crippen LogP contribution in [0, 0.1) is 17.2 Å². The molecule has 0 aromatic heterocycles. The molecule has 78 valence electrons. The van der Waals surface area contributed by atoms with Gasteiger partial charge in [-0.1, -0.05) is 13.8 Å². The second-order valence-corrected chi connectivity index (χ2v) is 3.45. The van der Waals surface area contributed by atoms with Crippen LogP contribution in [0.15, 0.2) is 12.3 Å². The van der Waals surface area contributed by atoms with E-state index >= 15 is 0 Å². The molecule has 0 saturated carbocycles. The molecule has 0 amide bonds. The van der Waals surface area contributed by atoms with Gasteiger partial charge in [-0.2, -0.15) is 5.26 Å². The Labute approximate surface area is 84.4 Å². The molecular weight excluding hydrogens is 180 g/mol. The molecule has 0 spiro atoms. The van der Waals surface area contributed by atoms with Gasteiger partial charge in [-0.25, -0.2) is 4.79 Å². The second-order valence-electron chi connectivity index (χ2n) is 3.45. The van der Waals surface area contributed by atoms with Gasteiger partial charge >= 0.3 is 5.97 Å². The Hall–Kier alpha value is -1.50. The fraction of sp³-hybridized carbons (Fsp3) is 0.600. The van der Waals surface area contributed by atoms with Gasteiger partial charge in [0.2, 0.25) is 0 Å². The van der Waals surface area contributed by atoms with Crippen molar-refractivity contribution in [1.82, 2.24) is 4.90 Å². The van der Waals surface area contributed by atoms with E-state index in [4.69, 9.17) is 10.4 Å². The number of carboxylic acid groups (broad SMARTS) is 1. The Bertz CT molecular complexity index is 241. The summed E-state index contributed by atoms with van der Waals surface area (Å²) >= 11 is 0. The Morgan fingerprint density at radius 1 is 1.64 bits per heavy atom. The molecule has 4 heteroatoms. The van der Waals surface area contributed by atoms with Crippen LogP contribution in [-0.2, 0) is 4.79 Å². The molecule has 0 aliphatic rings. The smallest absolute Gasteiger partial charge is 0.329 e. The molecule has 0 aliphatic heterocycles. The molecule has 14 heavy (non-hydrogen) atoms. The van der Waals surface area contributed by atoms with Crippen LogP contribution in [0.3, 0.4) is 0 Å². The van der Waals surface area contributed by atoms with E-state index in [0.717, 1.165) is 12.6 Å². The van der Waals surface area contributed by atoms with E-state index in [0.29, 0.717) is 18.9 Å². The topological polar surface area (TPSA) is 64.3 Å². The molecule has 0 rings (SSSR count). The summed E-state index contributed by atoms with van der Waals surface area (Å²) < 4.78 is 0. The fourth-order valence-corrected chi connectivity index (χ4v) is 1.06. The summed E-state index contributed by atoms with van der Waals surface area (Å²) in [6.07, 6.45) is 3.04. The van der Waals surface area contributed by atoms with Crippen LogP contribution in [0.4, 0.5) is 0 Å². The second kappa shape index (κ2) is 6.96. The molecule has 0 unspecified atom stereocenters. The van der Waals surface area contributed by atoms with E-state index in [9.17, 15) is 4.79 Å².